The van der Waals surface area contributed by atoms with Gasteiger partial charge in [0.2, 0.25) is 0 Å². The van der Waals surface area contributed by atoms with E-state index in [1.165, 1.54) is 35.7 Å². The Morgan fingerprint density at radius 1 is 1.23 bits per heavy atom. The van der Waals surface area contributed by atoms with E-state index in [2.05, 4.69) is 22.2 Å². The van der Waals surface area contributed by atoms with Crippen molar-refractivity contribution >= 4 is 17.3 Å². The number of nitrogens with zero attached hydrogens (tertiary/aromatic N) is 3. The number of hydrogen-bond acceptors (Lipinski definition) is 4. The lowest BCUT2D eigenvalue weighted by Gasteiger charge is -2.17. The Morgan fingerprint density at radius 2 is 2.03 bits per heavy atom. The van der Waals surface area contributed by atoms with Gasteiger partial charge < -0.3 is 15.0 Å². The van der Waals surface area contributed by atoms with Crippen LogP contribution in [0, 0.1) is 0 Å². The van der Waals surface area contributed by atoms with Crippen molar-refractivity contribution in [2.45, 2.75) is 19.5 Å². The van der Waals surface area contributed by atoms with Crippen LogP contribution in [0.5, 0.6) is 5.75 Å². The summed E-state index contributed by atoms with van der Waals surface area (Å²) in [5.74, 6) is -0.352. The predicted molar refractivity (Wildman–Crippen MR) is 111 cm³/mol. The SMILES string of the molecule is CCN1CCc2ccc(NC(=O)c3nn(-c4cccc(C(F)(F)F)c4)cc3OC)cc21. The summed E-state index contributed by atoms with van der Waals surface area (Å²) < 4.78 is 45.5. The zero-order chi connectivity index (χ0) is 22.2. The summed E-state index contributed by atoms with van der Waals surface area (Å²) in [5, 5.41) is 6.98. The largest absolute Gasteiger partial charge is 0.493 e. The number of rotatable bonds is 5. The number of likely N-dealkylation sites (N-methyl/N-ethyl adjacent to an activating group) is 1. The molecule has 1 amide bonds. The maximum atomic E-state index is 13.0. The van der Waals surface area contributed by atoms with E-state index in [0.29, 0.717) is 5.69 Å². The molecule has 1 aliphatic heterocycles. The summed E-state index contributed by atoms with van der Waals surface area (Å²) in [6.07, 6.45) is -2.13. The minimum atomic E-state index is -4.48. The molecule has 0 bridgehead atoms. The van der Waals surface area contributed by atoms with E-state index in [-0.39, 0.29) is 17.1 Å². The fourth-order valence-corrected chi connectivity index (χ4v) is 3.66. The van der Waals surface area contributed by atoms with Crippen LogP contribution in [0.25, 0.3) is 5.69 Å². The lowest BCUT2D eigenvalue weighted by Crippen LogP contribution is -2.19. The van der Waals surface area contributed by atoms with Crippen LogP contribution in [0.2, 0.25) is 0 Å². The first-order chi connectivity index (χ1) is 14.8. The van der Waals surface area contributed by atoms with E-state index < -0.39 is 17.6 Å². The zero-order valence-electron chi connectivity index (χ0n) is 17.0. The Bertz CT molecular complexity index is 1120. The van der Waals surface area contributed by atoms with Gasteiger partial charge in [-0.3, -0.25) is 4.79 Å². The highest BCUT2D eigenvalue weighted by Crippen LogP contribution is 2.32. The number of aromatic nitrogens is 2. The van der Waals surface area contributed by atoms with Crippen LogP contribution in [0.3, 0.4) is 0 Å². The average Bonchev–Trinajstić information content (AvgIpc) is 3.37. The summed E-state index contributed by atoms with van der Waals surface area (Å²) in [6.45, 7) is 3.89. The molecule has 0 saturated heterocycles. The second kappa shape index (κ2) is 7.98. The lowest BCUT2D eigenvalue weighted by molar-refractivity contribution is -0.137. The first kappa shape index (κ1) is 20.8. The summed E-state index contributed by atoms with van der Waals surface area (Å²) in [6, 6.07) is 10.4. The number of amides is 1. The Balaban J connectivity index is 1.61. The molecule has 0 fully saturated rings. The summed E-state index contributed by atoms with van der Waals surface area (Å²) >= 11 is 0. The number of alkyl halides is 3. The van der Waals surface area contributed by atoms with Crippen molar-refractivity contribution in [1.82, 2.24) is 9.78 Å². The number of carbonyl (C=O) groups excluding carboxylic acids is 1. The smallest absolute Gasteiger partial charge is 0.416 e. The van der Waals surface area contributed by atoms with Gasteiger partial charge in [-0.05, 0) is 49.2 Å². The third kappa shape index (κ3) is 4.08. The van der Waals surface area contributed by atoms with Crippen molar-refractivity contribution < 1.29 is 22.7 Å². The number of carbonyl (C=O) groups is 1. The third-order valence-corrected chi connectivity index (χ3v) is 5.27. The molecule has 6 nitrogen and oxygen atoms in total. The van der Waals surface area contributed by atoms with Gasteiger partial charge in [-0.1, -0.05) is 12.1 Å². The van der Waals surface area contributed by atoms with E-state index in [4.69, 9.17) is 4.74 Å². The number of anilines is 2. The number of benzene rings is 2. The fraction of sp³-hybridized carbons (Fsp3) is 0.273. The molecule has 1 aliphatic rings. The van der Waals surface area contributed by atoms with Gasteiger partial charge in [0.15, 0.2) is 11.4 Å². The first-order valence-corrected chi connectivity index (χ1v) is 9.80. The average molecular weight is 430 g/mol. The molecule has 31 heavy (non-hydrogen) atoms. The summed E-state index contributed by atoms with van der Waals surface area (Å²) in [7, 11) is 1.37. The van der Waals surface area contributed by atoms with Crippen LogP contribution in [-0.4, -0.2) is 35.9 Å². The Hall–Kier alpha value is -3.49. The minimum absolute atomic E-state index is 0.0206. The Morgan fingerprint density at radius 3 is 2.74 bits per heavy atom. The van der Waals surface area contributed by atoms with E-state index in [0.717, 1.165) is 37.3 Å². The van der Waals surface area contributed by atoms with Gasteiger partial charge >= 0.3 is 6.18 Å². The lowest BCUT2D eigenvalue weighted by atomic mass is 10.1. The second-order valence-corrected chi connectivity index (χ2v) is 7.17. The van der Waals surface area contributed by atoms with Gasteiger partial charge in [-0.15, -0.1) is 0 Å². The number of methoxy groups -OCH3 is 1. The highest BCUT2D eigenvalue weighted by molar-refractivity contribution is 6.05. The molecule has 0 radical (unpaired) electrons. The van der Waals surface area contributed by atoms with E-state index in [1.54, 1.807) is 0 Å². The molecule has 3 aromatic rings. The van der Waals surface area contributed by atoms with Crippen LogP contribution >= 0.6 is 0 Å². The van der Waals surface area contributed by atoms with E-state index in [1.807, 2.05) is 18.2 Å². The number of hydrogen-bond donors (Lipinski definition) is 1. The minimum Gasteiger partial charge on any atom is -0.493 e. The van der Waals surface area contributed by atoms with Crippen molar-refractivity contribution in [3.8, 4) is 11.4 Å². The molecule has 0 aliphatic carbocycles. The van der Waals surface area contributed by atoms with Gasteiger partial charge in [-0.25, -0.2) is 4.68 Å². The van der Waals surface area contributed by atoms with Crippen LogP contribution in [-0.2, 0) is 12.6 Å². The zero-order valence-corrected chi connectivity index (χ0v) is 17.0. The molecule has 2 heterocycles. The van der Waals surface area contributed by atoms with Crippen molar-refractivity contribution in [2.75, 3.05) is 30.4 Å². The molecule has 0 unspecified atom stereocenters. The predicted octanol–water partition coefficient (Wildman–Crippen LogP) is 4.53. The molecule has 0 saturated carbocycles. The molecule has 1 N–H and O–H groups in total. The van der Waals surface area contributed by atoms with E-state index in [9.17, 15) is 18.0 Å². The molecule has 0 spiro atoms. The maximum absolute atomic E-state index is 13.0. The molecule has 162 valence electrons. The highest BCUT2D eigenvalue weighted by atomic mass is 19.4. The monoisotopic (exact) mass is 430 g/mol. The highest BCUT2D eigenvalue weighted by Gasteiger charge is 2.31. The molecular formula is C22H21F3N4O2. The molecular weight excluding hydrogens is 409 g/mol. The topological polar surface area (TPSA) is 59.4 Å². The molecule has 2 aromatic carbocycles. The fourth-order valence-electron chi connectivity index (χ4n) is 3.66. The standard InChI is InChI=1S/C22H21F3N4O2/c1-3-28-10-9-14-7-8-16(12-18(14)28)26-21(30)20-19(31-2)13-29(27-20)17-6-4-5-15(11-17)22(23,24)25/h4-8,11-13H,3,9-10H2,1-2H3,(H,26,30). The second-order valence-electron chi connectivity index (χ2n) is 7.17. The Labute approximate surface area is 177 Å². The molecule has 0 atom stereocenters. The number of nitrogens with one attached hydrogen (secondary N) is 1. The number of ether oxygens (including phenoxy) is 1. The molecule has 4 rings (SSSR count). The van der Waals surface area contributed by atoms with E-state index >= 15 is 0 Å². The third-order valence-electron chi connectivity index (χ3n) is 5.27. The van der Waals surface area contributed by atoms with Crippen molar-refractivity contribution in [3.05, 3.63) is 65.5 Å². The van der Waals surface area contributed by atoms with Crippen LogP contribution in [0.4, 0.5) is 24.5 Å². The summed E-state index contributed by atoms with van der Waals surface area (Å²) in [4.78, 5) is 15.1. The van der Waals surface area contributed by atoms with Gasteiger partial charge in [0, 0.05) is 24.5 Å². The number of fused-ring (bicyclic) bond motifs is 1. The van der Waals surface area contributed by atoms with Gasteiger partial charge in [-0.2, -0.15) is 18.3 Å². The quantitative estimate of drug-likeness (QED) is 0.646. The first-order valence-electron chi connectivity index (χ1n) is 9.80. The maximum Gasteiger partial charge on any atom is 0.416 e. The van der Waals surface area contributed by atoms with Gasteiger partial charge in [0.05, 0.1) is 24.6 Å². The van der Waals surface area contributed by atoms with Crippen molar-refractivity contribution in [1.29, 1.82) is 0 Å². The summed E-state index contributed by atoms with van der Waals surface area (Å²) in [5.41, 5.74) is 2.27. The Kier molecular flexibility index (Phi) is 5.34. The van der Waals surface area contributed by atoms with Crippen LogP contribution in [0.15, 0.2) is 48.7 Å². The van der Waals surface area contributed by atoms with Crippen molar-refractivity contribution in [3.63, 3.8) is 0 Å². The normalized spacial score (nSPS) is 13.3. The molecule has 1 aromatic heterocycles. The van der Waals surface area contributed by atoms with Crippen LogP contribution < -0.4 is 15.0 Å². The number of halogens is 3. The van der Waals surface area contributed by atoms with Gasteiger partial charge in [0.1, 0.15) is 0 Å². The van der Waals surface area contributed by atoms with Crippen LogP contribution in [0.1, 0.15) is 28.5 Å². The van der Waals surface area contributed by atoms with Crippen molar-refractivity contribution in [2.24, 2.45) is 0 Å². The molecule has 9 heteroatoms. The van der Waals surface area contributed by atoms with Gasteiger partial charge in [0.25, 0.3) is 5.91 Å².